The van der Waals surface area contributed by atoms with Crippen molar-refractivity contribution in [3.63, 3.8) is 0 Å². The first-order valence-corrected chi connectivity index (χ1v) is 7.72. The molecular weight excluding hydrogens is 340 g/mol. The van der Waals surface area contributed by atoms with Crippen molar-refractivity contribution >= 4 is 17.7 Å². The highest BCUT2D eigenvalue weighted by atomic mass is 16.7. The number of carbonyl (C=O) groups excluding carboxylic acids is 3. The fourth-order valence-electron chi connectivity index (χ4n) is 2.84. The van der Waals surface area contributed by atoms with Gasteiger partial charge in [0.1, 0.15) is 17.2 Å². The fraction of sp³-hybridized carbons (Fsp3) is 0.294. The molecule has 3 N–H and O–H groups in total. The molecule has 1 aromatic carbocycles. The first kappa shape index (κ1) is 17.3. The van der Waals surface area contributed by atoms with Crippen molar-refractivity contribution in [2.24, 2.45) is 5.73 Å². The molecule has 134 valence electrons. The molecule has 0 aromatic heterocycles. The number of nitriles is 1. The van der Waals surface area contributed by atoms with E-state index in [-0.39, 0.29) is 18.1 Å². The Morgan fingerprint density at radius 2 is 2.08 bits per heavy atom. The van der Waals surface area contributed by atoms with Gasteiger partial charge in [-0.3, -0.25) is 14.5 Å². The topological polar surface area (TPSA) is 135 Å². The van der Waals surface area contributed by atoms with Crippen LogP contribution in [0.25, 0.3) is 0 Å². The van der Waals surface area contributed by atoms with Crippen LogP contribution in [0.3, 0.4) is 0 Å². The number of ether oxygens (including phenoxy) is 2. The molecule has 1 atom stereocenters. The number of nitrogens with zero attached hydrogens (tertiary/aromatic N) is 2. The molecule has 3 amide bonds. The van der Waals surface area contributed by atoms with Crippen LogP contribution >= 0.6 is 0 Å². The number of rotatable bonds is 4. The van der Waals surface area contributed by atoms with Crippen molar-refractivity contribution < 1.29 is 23.9 Å². The van der Waals surface area contributed by atoms with Crippen LogP contribution in [0.5, 0.6) is 11.5 Å². The summed E-state index contributed by atoms with van der Waals surface area (Å²) < 4.78 is 10.5. The predicted molar refractivity (Wildman–Crippen MR) is 87.7 cm³/mol. The Balaban J connectivity index is 1.88. The molecule has 3 rings (SSSR count). The number of hydrogen-bond acceptors (Lipinski definition) is 7. The van der Waals surface area contributed by atoms with E-state index in [4.69, 9.17) is 20.5 Å². The minimum absolute atomic E-state index is 0.0306. The molecule has 1 fully saturated rings. The lowest BCUT2D eigenvalue weighted by molar-refractivity contribution is -0.133. The van der Waals surface area contributed by atoms with Gasteiger partial charge < -0.3 is 20.5 Å². The van der Waals surface area contributed by atoms with E-state index in [0.29, 0.717) is 17.1 Å². The fourth-order valence-corrected chi connectivity index (χ4v) is 2.84. The van der Waals surface area contributed by atoms with E-state index in [1.165, 1.54) is 13.8 Å². The highest BCUT2D eigenvalue weighted by molar-refractivity contribution is 6.12. The van der Waals surface area contributed by atoms with E-state index in [1.54, 1.807) is 24.3 Å². The van der Waals surface area contributed by atoms with Crippen LogP contribution in [0.1, 0.15) is 19.4 Å². The maximum atomic E-state index is 12.8. The van der Waals surface area contributed by atoms with E-state index in [1.807, 2.05) is 0 Å². The molecule has 26 heavy (non-hydrogen) atoms. The predicted octanol–water partition coefficient (Wildman–Crippen LogP) is 0.508. The number of ketones is 1. The first-order valence-electron chi connectivity index (χ1n) is 7.72. The summed E-state index contributed by atoms with van der Waals surface area (Å²) in [6, 6.07) is 5.86. The van der Waals surface area contributed by atoms with Crippen molar-refractivity contribution in [2.75, 3.05) is 13.3 Å². The molecule has 9 heteroatoms. The molecule has 1 unspecified atom stereocenters. The van der Waals surface area contributed by atoms with Crippen LogP contribution in [0.15, 0.2) is 29.5 Å². The summed E-state index contributed by atoms with van der Waals surface area (Å²) in [6.45, 7) is 2.45. The largest absolute Gasteiger partial charge is 0.454 e. The van der Waals surface area contributed by atoms with Gasteiger partial charge in [0.15, 0.2) is 17.3 Å². The zero-order chi connectivity index (χ0) is 19.1. The number of benzene rings is 1. The second-order valence-corrected chi connectivity index (χ2v) is 6.11. The molecule has 2 aliphatic rings. The third kappa shape index (κ3) is 2.61. The highest BCUT2D eigenvalue weighted by Crippen LogP contribution is 2.37. The van der Waals surface area contributed by atoms with Crippen molar-refractivity contribution in [3.8, 4) is 17.6 Å². The van der Waals surface area contributed by atoms with Gasteiger partial charge in [-0.1, -0.05) is 6.07 Å². The zero-order valence-corrected chi connectivity index (χ0v) is 14.2. The summed E-state index contributed by atoms with van der Waals surface area (Å²) >= 11 is 0. The van der Waals surface area contributed by atoms with Gasteiger partial charge in [-0.15, -0.1) is 0 Å². The molecule has 9 nitrogen and oxygen atoms in total. The summed E-state index contributed by atoms with van der Waals surface area (Å²) in [5, 5.41) is 11.6. The Labute approximate surface area is 148 Å². The average molecular weight is 356 g/mol. The Hall–Kier alpha value is -3.54. The second-order valence-electron chi connectivity index (χ2n) is 6.11. The monoisotopic (exact) mass is 356 g/mol. The summed E-state index contributed by atoms with van der Waals surface area (Å²) in [6.07, 6.45) is 0. The summed E-state index contributed by atoms with van der Waals surface area (Å²) in [7, 11) is 0. The molecule has 0 spiro atoms. The lowest BCUT2D eigenvalue weighted by Gasteiger charge is -2.22. The van der Waals surface area contributed by atoms with Gasteiger partial charge in [-0.05, 0) is 31.5 Å². The molecule has 1 aromatic rings. The van der Waals surface area contributed by atoms with Crippen molar-refractivity contribution in [2.45, 2.75) is 19.4 Å². The van der Waals surface area contributed by atoms with Crippen molar-refractivity contribution in [3.05, 3.63) is 35.0 Å². The number of nitrogens with one attached hydrogen (secondary N) is 1. The summed E-state index contributed by atoms with van der Waals surface area (Å²) in [5.74, 6) is -0.301. The molecule has 0 bridgehead atoms. The van der Waals surface area contributed by atoms with Crippen LogP contribution in [0.4, 0.5) is 4.79 Å². The van der Waals surface area contributed by atoms with E-state index >= 15 is 0 Å². The Morgan fingerprint density at radius 1 is 1.38 bits per heavy atom. The molecule has 2 heterocycles. The van der Waals surface area contributed by atoms with Gasteiger partial charge in [0, 0.05) is 5.70 Å². The third-order valence-electron chi connectivity index (χ3n) is 4.31. The maximum Gasteiger partial charge on any atom is 0.325 e. The lowest BCUT2D eigenvalue weighted by atomic mass is 9.91. The zero-order valence-electron chi connectivity index (χ0n) is 14.2. The SMILES string of the molecule is C/C(N)=C(\C#N)C(=O)CN1C(=O)NC(C)(c2ccc3c(c2)OCO3)C1=O. The van der Waals surface area contributed by atoms with Crippen molar-refractivity contribution in [1.29, 1.82) is 5.26 Å². The Morgan fingerprint density at radius 3 is 2.73 bits per heavy atom. The standard InChI is InChI=1S/C17H16N4O5/c1-9(19)11(6-18)12(22)7-21-15(23)17(2,20-16(21)24)10-3-4-13-14(5-10)26-8-25-13/h3-5H,7-8,19H2,1-2H3,(H,20,24)/b11-9-. The minimum Gasteiger partial charge on any atom is -0.454 e. The number of imide groups is 1. The number of allylic oxidation sites excluding steroid dienone is 1. The van der Waals surface area contributed by atoms with Gasteiger partial charge in [-0.25, -0.2) is 4.79 Å². The third-order valence-corrected chi connectivity index (χ3v) is 4.31. The van der Waals surface area contributed by atoms with Gasteiger partial charge in [-0.2, -0.15) is 5.26 Å². The van der Waals surface area contributed by atoms with Crippen LogP contribution in [-0.4, -0.2) is 36.0 Å². The number of hydrogen-bond donors (Lipinski definition) is 2. The van der Waals surface area contributed by atoms with Gasteiger partial charge in [0.05, 0.1) is 6.54 Å². The lowest BCUT2D eigenvalue weighted by Crippen LogP contribution is -2.41. The quantitative estimate of drug-likeness (QED) is 0.456. The Bertz CT molecular complexity index is 897. The smallest absolute Gasteiger partial charge is 0.325 e. The highest BCUT2D eigenvalue weighted by Gasteiger charge is 2.50. The summed E-state index contributed by atoms with van der Waals surface area (Å²) in [5.41, 5.74) is 4.37. The summed E-state index contributed by atoms with van der Waals surface area (Å²) in [4.78, 5) is 38.1. The van der Waals surface area contributed by atoms with E-state index < -0.39 is 29.8 Å². The molecule has 0 radical (unpaired) electrons. The van der Waals surface area contributed by atoms with E-state index in [2.05, 4.69) is 5.32 Å². The molecule has 0 aliphatic carbocycles. The average Bonchev–Trinajstić information content (AvgIpc) is 3.13. The van der Waals surface area contributed by atoms with E-state index in [9.17, 15) is 14.4 Å². The molecule has 1 saturated heterocycles. The van der Waals surface area contributed by atoms with Crippen LogP contribution in [0.2, 0.25) is 0 Å². The second kappa shape index (κ2) is 6.07. The normalized spacial score (nSPS) is 22.0. The number of urea groups is 1. The van der Waals surface area contributed by atoms with Crippen LogP contribution in [-0.2, 0) is 15.1 Å². The van der Waals surface area contributed by atoms with Crippen LogP contribution in [0, 0.1) is 11.3 Å². The number of fused-ring (bicyclic) bond motifs is 1. The van der Waals surface area contributed by atoms with Gasteiger partial charge in [0.25, 0.3) is 5.91 Å². The van der Waals surface area contributed by atoms with E-state index in [0.717, 1.165) is 4.90 Å². The first-order chi connectivity index (χ1) is 12.3. The van der Waals surface area contributed by atoms with Crippen LogP contribution < -0.4 is 20.5 Å². The number of nitrogens with two attached hydrogens (primary N) is 1. The maximum absolute atomic E-state index is 12.8. The van der Waals surface area contributed by atoms with Gasteiger partial charge >= 0.3 is 6.03 Å². The molecular formula is C17H16N4O5. The van der Waals surface area contributed by atoms with Crippen molar-refractivity contribution in [1.82, 2.24) is 10.2 Å². The molecule has 0 saturated carbocycles. The number of Topliss-reactive ketones (excluding diaryl/α,β-unsaturated/α-hetero) is 1. The molecule has 2 aliphatic heterocycles. The number of carbonyl (C=O) groups is 3. The minimum atomic E-state index is -1.37. The Kier molecular flexibility index (Phi) is 4.04. The number of amides is 3. The van der Waals surface area contributed by atoms with Gasteiger partial charge in [0.2, 0.25) is 6.79 Å².